The van der Waals surface area contributed by atoms with E-state index in [4.69, 9.17) is 0 Å². The minimum Gasteiger partial charge on any atom is -0.317 e. The molecule has 1 aromatic carbocycles. The Morgan fingerprint density at radius 1 is 0.786 bits per heavy atom. The van der Waals surface area contributed by atoms with Crippen molar-refractivity contribution >= 4 is 0 Å². The third kappa shape index (κ3) is 5.03. The molecule has 1 aliphatic rings. The maximum atomic E-state index is 3.28. The van der Waals surface area contributed by atoms with Crippen molar-refractivity contribution in [2.75, 3.05) is 13.1 Å². The number of piperidine rings is 1. The largest absolute Gasteiger partial charge is 0.317 e. The highest BCUT2D eigenvalue weighted by atomic mass is 14.9. The smallest absolute Gasteiger partial charge is 0.00489 e. The summed E-state index contributed by atoms with van der Waals surface area (Å²) < 4.78 is 0. The molecule has 0 saturated carbocycles. The molecule has 0 aromatic heterocycles. The van der Waals surface area contributed by atoms with Crippen LogP contribution in [0.4, 0.5) is 0 Å². The molecule has 14 heavy (non-hydrogen) atoms. The second-order valence-electron chi connectivity index (χ2n) is 3.97. The Hall–Kier alpha value is -0.820. The highest BCUT2D eigenvalue weighted by Gasteiger charge is 1.93. The number of benzene rings is 1. The van der Waals surface area contributed by atoms with Crippen molar-refractivity contribution in [3.8, 4) is 0 Å². The van der Waals surface area contributed by atoms with Crippen molar-refractivity contribution in [2.24, 2.45) is 0 Å². The van der Waals surface area contributed by atoms with E-state index in [1.54, 1.807) is 0 Å². The zero-order chi connectivity index (χ0) is 10.2. The predicted octanol–water partition coefficient (Wildman–Crippen LogP) is 3.06. The van der Waals surface area contributed by atoms with Gasteiger partial charge in [-0.1, -0.05) is 41.8 Å². The fourth-order valence-electron chi connectivity index (χ4n) is 1.44. The fourth-order valence-corrected chi connectivity index (χ4v) is 1.44. The van der Waals surface area contributed by atoms with E-state index in [1.165, 1.54) is 43.5 Å². The second-order valence-corrected chi connectivity index (χ2v) is 3.97. The summed E-state index contributed by atoms with van der Waals surface area (Å²) in [5.74, 6) is 0. The Labute approximate surface area is 87.5 Å². The molecule has 78 valence electrons. The monoisotopic (exact) mass is 191 g/mol. The zero-order valence-corrected chi connectivity index (χ0v) is 9.34. The number of hydrogen-bond donors (Lipinski definition) is 1. The fraction of sp³-hybridized carbons (Fsp3) is 0.538. The lowest BCUT2D eigenvalue weighted by Crippen LogP contribution is -2.21. The van der Waals surface area contributed by atoms with E-state index in [0.717, 1.165) is 0 Å². The standard InChI is InChI=1S/C8H10.C5H11N/c1-7-3-5-8(2)6-4-7;1-2-4-6-5-3-1/h3-6H,1-2H3;6H,1-5H2. The highest BCUT2D eigenvalue weighted by Crippen LogP contribution is 1.99. The van der Waals surface area contributed by atoms with Crippen molar-refractivity contribution in [3.63, 3.8) is 0 Å². The average molecular weight is 191 g/mol. The zero-order valence-electron chi connectivity index (χ0n) is 9.34. The summed E-state index contributed by atoms with van der Waals surface area (Å²) in [4.78, 5) is 0. The van der Waals surface area contributed by atoms with Crippen LogP contribution in [0.3, 0.4) is 0 Å². The Bertz CT molecular complexity index is 201. The van der Waals surface area contributed by atoms with Crippen molar-refractivity contribution in [1.82, 2.24) is 5.32 Å². The molecule has 0 aliphatic carbocycles. The number of nitrogens with one attached hydrogen (secondary N) is 1. The van der Waals surface area contributed by atoms with Crippen LogP contribution < -0.4 is 5.32 Å². The number of aryl methyl sites for hydroxylation is 2. The Morgan fingerprint density at radius 3 is 1.43 bits per heavy atom. The first-order valence-corrected chi connectivity index (χ1v) is 5.53. The van der Waals surface area contributed by atoms with Gasteiger partial charge in [-0.25, -0.2) is 0 Å². The van der Waals surface area contributed by atoms with Gasteiger partial charge in [0.25, 0.3) is 0 Å². The lowest BCUT2D eigenvalue weighted by molar-refractivity contribution is 0.520. The molecular formula is C13H21N. The first kappa shape index (κ1) is 11.3. The number of rotatable bonds is 0. The van der Waals surface area contributed by atoms with E-state index in [2.05, 4.69) is 43.4 Å². The third-order valence-corrected chi connectivity index (χ3v) is 2.43. The molecular weight excluding hydrogens is 170 g/mol. The van der Waals surface area contributed by atoms with Crippen LogP contribution in [0, 0.1) is 13.8 Å². The van der Waals surface area contributed by atoms with Gasteiger partial charge in [-0.05, 0) is 39.8 Å². The third-order valence-electron chi connectivity index (χ3n) is 2.43. The van der Waals surface area contributed by atoms with Gasteiger partial charge in [0.15, 0.2) is 0 Å². The van der Waals surface area contributed by atoms with Crippen LogP contribution in [0.15, 0.2) is 24.3 Å². The molecule has 0 unspecified atom stereocenters. The van der Waals surface area contributed by atoms with Crippen LogP contribution in [0.25, 0.3) is 0 Å². The molecule has 0 atom stereocenters. The van der Waals surface area contributed by atoms with Crippen molar-refractivity contribution in [2.45, 2.75) is 33.1 Å². The molecule has 1 aromatic rings. The summed E-state index contributed by atoms with van der Waals surface area (Å²) in [5.41, 5.74) is 2.66. The van der Waals surface area contributed by atoms with Crippen LogP contribution in [0.2, 0.25) is 0 Å². The van der Waals surface area contributed by atoms with E-state index in [9.17, 15) is 0 Å². The van der Waals surface area contributed by atoms with Gasteiger partial charge >= 0.3 is 0 Å². The molecule has 0 spiro atoms. The van der Waals surface area contributed by atoms with E-state index >= 15 is 0 Å². The minimum absolute atomic E-state index is 1.25. The van der Waals surface area contributed by atoms with Gasteiger partial charge < -0.3 is 5.32 Å². The van der Waals surface area contributed by atoms with Crippen LogP contribution >= 0.6 is 0 Å². The van der Waals surface area contributed by atoms with Crippen molar-refractivity contribution < 1.29 is 0 Å². The van der Waals surface area contributed by atoms with Crippen LogP contribution in [-0.2, 0) is 0 Å². The summed E-state index contributed by atoms with van der Waals surface area (Å²) >= 11 is 0. The first-order chi connectivity index (χ1) is 6.79. The topological polar surface area (TPSA) is 12.0 Å². The normalized spacial score (nSPS) is 15.6. The molecule has 2 rings (SSSR count). The van der Waals surface area contributed by atoms with Gasteiger partial charge in [-0.3, -0.25) is 0 Å². The Balaban J connectivity index is 0.000000146. The maximum absolute atomic E-state index is 3.28. The van der Waals surface area contributed by atoms with Crippen molar-refractivity contribution in [1.29, 1.82) is 0 Å². The lowest BCUT2D eigenvalue weighted by atomic mass is 10.2. The van der Waals surface area contributed by atoms with Gasteiger partial charge in [0.2, 0.25) is 0 Å². The molecule has 0 radical (unpaired) electrons. The predicted molar refractivity (Wildman–Crippen MR) is 62.6 cm³/mol. The lowest BCUT2D eigenvalue weighted by Gasteiger charge is -2.08. The summed E-state index contributed by atoms with van der Waals surface area (Å²) in [6, 6.07) is 8.48. The van der Waals surface area contributed by atoms with E-state index in [0.29, 0.717) is 0 Å². The summed E-state index contributed by atoms with van der Waals surface area (Å²) in [6.45, 7) is 6.69. The molecule has 0 amide bonds. The first-order valence-electron chi connectivity index (χ1n) is 5.53. The second kappa shape index (κ2) is 6.61. The van der Waals surface area contributed by atoms with Gasteiger partial charge in [0, 0.05) is 0 Å². The average Bonchev–Trinajstić information content (AvgIpc) is 2.26. The minimum atomic E-state index is 1.25. The molecule has 1 heterocycles. The number of hydrogen-bond acceptors (Lipinski definition) is 1. The van der Waals surface area contributed by atoms with Crippen LogP contribution in [0.1, 0.15) is 30.4 Å². The highest BCUT2D eigenvalue weighted by molar-refractivity contribution is 5.19. The Morgan fingerprint density at radius 2 is 1.21 bits per heavy atom. The molecule has 1 N–H and O–H groups in total. The Kier molecular flexibility index (Phi) is 5.31. The van der Waals surface area contributed by atoms with Gasteiger partial charge in [-0.2, -0.15) is 0 Å². The van der Waals surface area contributed by atoms with Gasteiger partial charge in [0.1, 0.15) is 0 Å². The van der Waals surface area contributed by atoms with Gasteiger partial charge in [-0.15, -0.1) is 0 Å². The van der Waals surface area contributed by atoms with Crippen LogP contribution in [0.5, 0.6) is 0 Å². The quantitative estimate of drug-likeness (QED) is 0.664. The maximum Gasteiger partial charge on any atom is -0.00489 e. The summed E-state index contributed by atoms with van der Waals surface area (Å²) in [5, 5.41) is 3.28. The SMILES string of the molecule is C1CCNCC1.Cc1ccc(C)cc1. The molecule has 1 heteroatoms. The van der Waals surface area contributed by atoms with Gasteiger partial charge in [0.05, 0.1) is 0 Å². The molecule has 1 aliphatic heterocycles. The summed E-state index contributed by atoms with van der Waals surface area (Å²) in [7, 11) is 0. The molecule has 1 saturated heterocycles. The molecule has 1 nitrogen and oxygen atoms in total. The molecule has 1 fully saturated rings. The molecule has 0 bridgehead atoms. The van der Waals surface area contributed by atoms with Crippen LogP contribution in [-0.4, -0.2) is 13.1 Å². The van der Waals surface area contributed by atoms with E-state index < -0.39 is 0 Å². The van der Waals surface area contributed by atoms with E-state index in [1.807, 2.05) is 0 Å². The summed E-state index contributed by atoms with van der Waals surface area (Å²) in [6.07, 6.45) is 4.22. The van der Waals surface area contributed by atoms with Crippen molar-refractivity contribution in [3.05, 3.63) is 35.4 Å². The van der Waals surface area contributed by atoms with E-state index in [-0.39, 0.29) is 0 Å².